The Balaban J connectivity index is 1.92. The van der Waals surface area contributed by atoms with Gasteiger partial charge >= 0.3 is 0 Å². The molecule has 3 aromatic rings. The van der Waals surface area contributed by atoms with Gasteiger partial charge in [0.1, 0.15) is 5.82 Å². The van der Waals surface area contributed by atoms with E-state index in [9.17, 15) is 4.39 Å². The molecule has 1 aromatic heterocycles. The predicted octanol–water partition coefficient (Wildman–Crippen LogP) is 3.37. The Labute approximate surface area is 122 Å². The number of rotatable bonds is 3. The molecule has 21 heavy (non-hydrogen) atoms. The lowest BCUT2D eigenvalue weighted by atomic mass is 10.0. The molecule has 1 atom stereocenters. The molecule has 4 heteroatoms. The highest BCUT2D eigenvalue weighted by molar-refractivity contribution is 5.35. The van der Waals surface area contributed by atoms with Crippen LogP contribution in [0.5, 0.6) is 0 Å². The first-order chi connectivity index (χ1) is 10.1. The van der Waals surface area contributed by atoms with Crippen LogP contribution in [0.3, 0.4) is 0 Å². The zero-order valence-corrected chi connectivity index (χ0v) is 11.7. The Bertz CT molecular complexity index is 750. The Morgan fingerprint density at radius 3 is 2.62 bits per heavy atom. The predicted molar refractivity (Wildman–Crippen MR) is 80.7 cm³/mol. The smallest absolute Gasteiger partial charge is 0.128 e. The molecule has 2 aromatic carbocycles. The monoisotopic (exact) mass is 281 g/mol. The molecular weight excluding hydrogens is 265 g/mol. The van der Waals surface area contributed by atoms with Crippen molar-refractivity contribution in [2.75, 3.05) is 0 Å². The molecule has 3 nitrogen and oxygen atoms in total. The molecule has 0 aliphatic rings. The van der Waals surface area contributed by atoms with E-state index in [0.29, 0.717) is 5.56 Å². The third kappa shape index (κ3) is 2.71. The molecule has 0 amide bonds. The Hall–Kier alpha value is -2.46. The van der Waals surface area contributed by atoms with E-state index in [1.54, 1.807) is 16.9 Å². The molecule has 3 rings (SSSR count). The van der Waals surface area contributed by atoms with Crippen molar-refractivity contribution in [1.29, 1.82) is 0 Å². The number of nitrogens with two attached hydrogens (primary N) is 1. The molecule has 0 radical (unpaired) electrons. The molecule has 0 aliphatic carbocycles. The topological polar surface area (TPSA) is 43.8 Å². The summed E-state index contributed by atoms with van der Waals surface area (Å²) in [5.74, 6) is -0.282. The summed E-state index contributed by atoms with van der Waals surface area (Å²) in [7, 11) is 0. The summed E-state index contributed by atoms with van der Waals surface area (Å²) in [6, 6.07) is 14.3. The van der Waals surface area contributed by atoms with Gasteiger partial charge in [0.05, 0.1) is 17.9 Å². The van der Waals surface area contributed by atoms with Gasteiger partial charge in [-0.15, -0.1) is 0 Å². The molecule has 1 heterocycles. The van der Waals surface area contributed by atoms with Gasteiger partial charge < -0.3 is 5.73 Å². The number of halogens is 1. The lowest BCUT2D eigenvalue weighted by Crippen LogP contribution is -2.13. The van der Waals surface area contributed by atoms with Crippen molar-refractivity contribution in [2.45, 2.75) is 13.0 Å². The number of aryl methyl sites for hydroxylation is 1. The van der Waals surface area contributed by atoms with Crippen molar-refractivity contribution < 1.29 is 4.39 Å². The second kappa shape index (κ2) is 5.50. The van der Waals surface area contributed by atoms with Crippen LogP contribution in [0.25, 0.3) is 5.69 Å². The number of nitrogens with zero attached hydrogens (tertiary/aromatic N) is 2. The normalized spacial score (nSPS) is 12.3. The number of aromatic nitrogens is 2. The van der Waals surface area contributed by atoms with E-state index < -0.39 is 6.04 Å². The van der Waals surface area contributed by atoms with Crippen molar-refractivity contribution in [3.05, 3.63) is 83.4 Å². The third-order valence-electron chi connectivity index (χ3n) is 3.47. The van der Waals surface area contributed by atoms with Crippen molar-refractivity contribution in [3.8, 4) is 5.69 Å². The average molecular weight is 281 g/mol. The van der Waals surface area contributed by atoms with Crippen LogP contribution < -0.4 is 5.73 Å². The summed E-state index contributed by atoms with van der Waals surface area (Å²) in [6.07, 6.45) is 3.51. The fourth-order valence-electron chi connectivity index (χ4n) is 2.28. The van der Waals surface area contributed by atoms with Gasteiger partial charge in [0.25, 0.3) is 0 Å². The van der Waals surface area contributed by atoms with Crippen LogP contribution >= 0.6 is 0 Å². The van der Waals surface area contributed by atoms with Crippen molar-refractivity contribution in [2.24, 2.45) is 5.73 Å². The first-order valence-electron chi connectivity index (χ1n) is 6.77. The Morgan fingerprint density at radius 1 is 1.14 bits per heavy atom. The lowest BCUT2D eigenvalue weighted by molar-refractivity contribution is 0.598. The first kappa shape index (κ1) is 13.5. The van der Waals surface area contributed by atoms with E-state index in [1.165, 1.54) is 6.07 Å². The van der Waals surface area contributed by atoms with E-state index in [0.717, 1.165) is 16.8 Å². The summed E-state index contributed by atoms with van der Waals surface area (Å²) < 4.78 is 15.7. The van der Waals surface area contributed by atoms with Gasteiger partial charge in [-0.3, -0.25) is 0 Å². The van der Waals surface area contributed by atoms with Crippen LogP contribution in [0.2, 0.25) is 0 Å². The number of hydrogen-bond donors (Lipinski definition) is 1. The lowest BCUT2D eigenvalue weighted by Gasteiger charge is -2.11. The van der Waals surface area contributed by atoms with Gasteiger partial charge in [-0.1, -0.05) is 30.3 Å². The maximum absolute atomic E-state index is 14.0. The van der Waals surface area contributed by atoms with Crippen LogP contribution in [-0.2, 0) is 0 Å². The zero-order chi connectivity index (χ0) is 14.8. The van der Waals surface area contributed by atoms with E-state index in [4.69, 9.17) is 5.73 Å². The van der Waals surface area contributed by atoms with Crippen molar-refractivity contribution in [3.63, 3.8) is 0 Å². The second-order valence-electron chi connectivity index (χ2n) is 5.06. The maximum atomic E-state index is 14.0. The molecule has 1 unspecified atom stereocenters. The van der Waals surface area contributed by atoms with Gasteiger partial charge in [0.2, 0.25) is 0 Å². The molecular formula is C17H16FN3. The minimum atomic E-state index is -0.525. The summed E-state index contributed by atoms with van der Waals surface area (Å²) >= 11 is 0. The van der Waals surface area contributed by atoms with E-state index in [1.807, 2.05) is 49.5 Å². The summed E-state index contributed by atoms with van der Waals surface area (Å²) in [5, 5.41) is 4.29. The average Bonchev–Trinajstić information content (AvgIpc) is 2.97. The van der Waals surface area contributed by atoms with Gasteiger partial charge in [-0.05, 0) is 30.7 Å². The van der Waals surface area contributed by atoms with Crippen LogP contribution in [-0.4, -0.2) is 9.78 Å². The Morgan fingerprint density at radius 2 is 1.90 bits per heavy atom. The van der Waals surface area contributed by atoms with Gasteiger partial charge in [0.15, 0.2) is 0 Å². The van der Waals surface area contributed by atoms with Gasteiger partial charge in [-0.25, -0.2) is 9.07 Å². The van der Waals surface area contributed by atoms with Gasteiger partial charge in [-0.2, -0.15) is 5.10 Å². The minimum Gasteiger partial charge on any atom is -0.320 e. The second-order valence-corrected chi connectivity index (χ2v) is 5.06. The van der Waals surface area contributed by atoms with Crippen molar-refractivity contribution in [1.82, 2.24) is 9.78 Å². The molecule has 0 saturated heterocycles. The fraction of sp³-hybridized carbons (Fsp3) is 0.118. The van der Waals surface area contributed by atoms with Crippen LogP contribution in [0, 0.1) is 12.7 Å². The maximum Gasteiger partial charge on any atom is 0.128 e. The van der Waals surface area contributed by atoms with Gasteiger partial charge in [0, 0.05) is 17.3 Å². The molecule has 2 N–H and O–H groups in total. The Kier molecular flexibility index (Phi) is 3.54. The van der Waals surface area contributed by atoms with Crippen LogP contribution in [0.1, 0.15) is 22.7 Å². The quantitative estimate of drug-likeness (QED) is 0.800. The highest BCUT2D eigenvalue weighted by atomic mass is 19.1. The number of para-hydroxylation sites is 1. The molecule has 0 bridgehead atoms. The molecule has 0 fully saturated rings. The standard InChI is InChI=1S/C17H16FN3/c1-12-7-8-15(16(18)9-12)17(19)13-10-20-21(11-13)14-5-3-2-4-6-14/h2-11,17H,19H2,1H3. The minimum absolute atomic E-state index is 0.282. The summed E-state index contributed by atoms with van der Waals surface area (Å²) in [4.78, 5) is 0. The first-order valence-corrected chi connectivity index (χ1v) is 6.77. The number of benzene rings is 2. The van der Waals surface area contributed by atoms with E-state index in [2.05, 4.69) is 5.10 Å². The third-order valence-corrected chi connectivity index (χ3v) is 3.47. The summed E-state index contributed by atoms with van der Waals surface area (Å²) in [5.41, 5.74) is 9.25. The van der Waals surface area contributed by atoms with Crippen LogP contribution in [0.15, 0.2) is 60.9 Å². The largest absolute Gasteiger partial charge is 0.320 e. The molecule has 106 valence electrons. The highest BCUT2D eigenvalue weighted by Gasteiger charge is 2.15. The molecule has 0 aliphatic heterocycles. The van der Waals surface area contributed by atoms with E-state index >= 15 is 0 Å². The van der Waals surface area contributed by atoms with E-state index in [-0.39, 0.29) is 5.82 Å². The molecule has 0 saturated carbocycles. The zero-order valence-electron chi connectivity index (χ0n) is 11.7. The SMILES string of the molecule is Cc1ccc(C(N)c2cnn(-c3ccccc3)c2)c(F)c1. The fourth-order valence-corrected chi connectivity index (χ4v) is 2.28. The highest BCUT2D eigenvalue weighted by Crippen LogP contribution is 2.23. The number of hydrogen-bond acceptors (Lipinski definition) is 2. The van der Waals surface area contributed by atoms with Crippen LogP contribution in [0.4, 0.5) is 4.39 Å². The summed E-state index contributed by atoms with van der Waals surface area (Å²) in [6.45, 7) is 1.85. The molecule has 0 spiro atoms. The van der Waals surface area contributed by atoms with Crippen molar-refractivity contribution >= 4 is 0 Å².